The summed E-state index contributed by atoms with van der Waals surface area (Å²) in [4.78, 5) is 0. The highest BCUT2D eigenvalue weighted by Crippen LogP contribution is 2.28. The van der Waals surface area contributed by atoms with E-state index in [4.69, 9.17) is 9.47 Å². The summed E-state index contributed by atoms with van der Waals surface area (Å²) in [5.41, 5.74) is 1.29. The van der Waals surface area contributed by atoms with Gasteiger partial charge >= 0.3 is 0 Å². The monoisotopic (exact) mass is 221 g/mol. The molecule has 0 aliphatic rings. The van der Waals surface area contributed by atoms with E-state index in [2.05, 4.69) is 26.3 Å². The first-order valence-corrected chi connectivity index (χ1v) is 5.71. The Morgan fingerprint density at radius 2 is 1.81 bits per heavy atom. The molecule has 0 fully saturated rings. The van der Waals surface area contributed by atoms with Crippen LogP contribution < -0.4 is 9.47 Å². The highest BCUT2D eigenvalue weighted by molar-refractivity contribution is 5.42. The minimum Gasteiger partial charge on any atom is -0.493 e. The van der Waals surface area contributed by atoms with Gasteiger partial charge in [0.2, 0.25) is 0 Å². The van der Waals surface area contributed by atoms with Crippen LogP contribution in [0.2, 0.25) is 0 Å². The number of hydrogen-bond donors (Lipinski definition) is 0. The van der Waals surface area contributed by atoms with E-state index in [0.29, 0.717) is 5.92 Å². The molecule has 0 aromatic heterocycles. The van der Waals surface area contributed by atoms with E-state index in [9.17, 15) is 0 Å². The lowest BCUT2D eigenvalue weighted by molar-refractivity contribution is 0.354. The van der Waals surface area contributed by atoms with Crippen LogP contribution in [0.3, 0.4) is 0 Å². The van der Waals surface area contributed by atoms with Crippen LogP contribution in [0.4, 0.5) is 0 Å². The smallest absolute Gasteiger partial charge is 0.160 e. The molecule has 0 bridgehead atoms. The summed E-state index contributed by atoms with van der Waals surface area (Å²) in [6.07, 6.45) is 4.49. The van der Waals surface area contributed by atoms with Crippen LogP contribution in [-0.2, 0) is 6.42 Å². The molecule has 1 aromatic rings. The third-order valence-corrected chi connectivity index (χ3v) is 2.52. The minimum absolute atomic E-state index is 0.653. The van der Waals surface area contributed by atoms with Crippen LogP contribution in [-0.4, -0.2) is 14.2 Å². The Morgan fingerprint density at radius 1 is 1.12 bits per heavy atom. The van der Waals surface area contributed by atoms with Gasteiger partial charge in [-0.2, -0.15) is 0 Å². The van der Waals surface area contributed by atoms with Gasteiger partial charge in [-0.1, -0.05) is 19.9 Å². The number of aryl methyl sites for hydroxylation is 1. The van der Waals surface area contributed by atoms with Gasteiger partial charge in [0.25, 0.3) is 0 Å². The van der Waals surface area contributed by atoms with Gasteiger partial charge in [-0.25, -0.2) is 0 Å². The second-order valence-corrected chi connectivity index (χ2v) is 4.21. The van der Waals surface area contributed by atoms with Gasteiger partial charge in [0, 0.05) is 0 Å². The Morgan fingerprint density at radius 3 is 2.38 bits per heavy atom. The first-order chi connectivity index (χ1) is 7.67. The summed E-state index contributed by atoms with van der Waals surface area (Å²) in [5.74, 6) is 2.25. The zero-order valence-electron chi connectivity index (χ0n) is 10.6. The molecule has 0 saturated carbocycles. The molecular formula is C14H21O2. The number of benzene rings is 1. The van der Waals surface area contributed by atoms with Crippen molar-refractivity contribution in [1.82, 2.24) is 0 Å². The van der Waals surface area contributed by atoms with Gasteiger partial charge < -0.3 is 9.47 Å². The van der Waals surface area contributed by atoms with Crippen molar-refractivity contribution in [1.29, 1.82) is 0 Å². The van der Waals surface area contributed by atoms with Crippen molar-refractivity contribution in [2.45, 2.75) is 26.7 Å². The van der Waals surface area contributed by atoms with Crippen molar-refractivity contribution in [2.24, 2.45) is 5.92 Å². The van der Waals surface area contributed by atoms with Crippen LogP contribution >= 0.6 is 0 Å². The number of rotatable bonds is 6. The van der Waals surface area contributed by atoms with E-state index in [1.807, 2.05) is 12.1 Å². The Labute approximate surface area is 98.6 Å². The molecule has 0 heterocycles. The summed E-state index contributed by atoms with van der Waals surface area (Å²) in [6.45, 7) is 4.41. The second-order valence-electron chi connectivity index (χ2n) is 4.21. The lowest BCUT2D eigenvalue weighted by Gasteiger charge is -2.10. The number of ether oxygens (including phenoxy) is 2. The topological polar surface area (TPSA) is 18.5 Å². The Hall–Kier alpha value is -1.18. The molecule has 89 valence electrons. The molecule has 0 amide bonds. The molecule has 0 saturated heterocycles. The van der Waals surface area contributed by atoms with Crippen molar-refractivity contribution in [3.63, 3.8) is 0 Å². The van der Waals surface area contributed by atoms with Crippen LogP contribution in [0.5, 0.6) is 11.5 Å². The van der Waals surface area contributed by atoms with Crippen molar-refractivity contribution in [3.8, 4) is 11.5 Å². The van der Waals surface area contributed by atoms with Crippen molar-refractivity contribution < 1.29 is 9.47 Å². The Bertz CT molecular complexity index is 319. The van der Waals surface area contributed by atoms with Gasteiger partial charge in [-0.05, 0) is 42.9 Å². The fourth-order valence-corrected chi connectivity index (χ4v) is 1.62. The third kappa shape index (κ3) is 3.76. The maximum Gasteiger partial charge on any atom is 0.160 e. The molecule has 0 unspecified atom stereocenters. The predicted molar refractivity (Wildman–Crippen MR) is 67.0 cm³/mol. The summed E-state index contributed by atoms with van der Waals surface area (Å²) < 4.78 is 10.5. The normalized spacial score (nSPS) is 10.6. The standard InChI is InChI=1S/C14H21O2/c1-11(2)6-5-7-12-8-9-13(15-3)14(10-12)16-4/h6,8-11H,5,7H2,1-4H3. The van der Waals surface area contributed by atoms with Crippen LogP contribution in [0, 0.1) is 12.3 Å². The van der Waals surface area contributed by atoms with Crippen LogP contribution in [0.15, 0.2) is 18.2 Å². The largest absolute Gasteiger partial charge is 0.493 e. The van der Waals surface area contributed by atoms with Gasteiger partial charge in [-0.3, -0.25) is 0 Å². The average Bonchev–Trinajstić information content (AvgIpc) is 2.28. The van der Waals surface area contributed by atoms with Gasteiger partial charge in [0.05, 0.1) is 14.2 Å². The molecule has 1 rings (SSSR count). The minimum atomic E-state index is 0.653. The molecular weight excluding hydrogens is 200 g/mol. The quantitative estimate of drug-likeness (QED) is 0.732. The van der Waals surface area contributed by atoms with Crippen molar-refractivity contribution in [2.75, 3.05) is 14.2 Å². The van der Waals surface area contributed by atoms with Gasteiger partial charge in [0.15, 0.2) is 11.5 Å². The zero-order chi connectivity index (χ0) is 12.0. The summed E-state index contributed by atoms with van der Waals surface area (Å²) in [6, 6.07) is 6.10. The number of hydrogen-bond acceptors (Lipinski definition) is 2. The van der Waals surface area contributed by atoms with E-state index < -0.39 is 0 Å². The van der Waals surface area contributed by atoms with E-state index >= 15 is 0 Å². The van der Waals surface area contributed by atoms with E-state index in [-0.39, 0.29) is 0 Å². The highest BCUT2D eigenvalue weighted by Gasteiger charge is 2.04. The Kier molecular flexibility index (Phi) is 5.17. The van der Waals surface area contributed by atoms with E-state index in [1.54, 1.807) is 14.2 Å². The van der Waals surface area contributed by atoms with Crippen LogP contribution in [0.25, 0.3) is 0 Å². The number of methoxy groups -OCH3 is 2. The van der Waals surface area contributed by atoms with E-state index in [0.717, 1.165) is 24.3 Å². The Balaban J connectivity index is 2.60. The van der Waals surface area contributed by atoms with Crippen molar-refractivity contribution >= 4 is 0 Å². The summed E-state index contributed by atoms with van der Waals surface area (Å²) in [7, 11) is 3.33. The first kappa shape index (κ1) is 12.9. The van der Waals surface area contributed by atoms with Gasteiger partial charge in [-0.15, -0.1) is 0 Å². The lowest BCUT2D eigenvalue weighted by atomic mass is 10.0. The third-order valence-electron chi connectivity index (χ3n) is 2.52. The SMILES string of the molecule is COc1ccc(CC[CH]C(C)C)cc1OC. The molecule has 2 nitrogen and oxygen atoms in total. The lowest BCUT2D eigenvalue weighted by Crippen LogP contribution is -1.95. The molecule has 0 spiro atoms. The maximum absolute atomic E-state index is 5.27. The fourth-order valence-electron chi connectivity index (χ4n) is 1.62. The first-order valence-electron chi connectivity index (χ1n) is 5.71. The maximum atomic E-state index is 5.27. The highest BCUT2D eigenvalue weighted by atomic mass is 16.5. The predicted octanol–water partition coefficient (Wildman–Crippen LogP) is 3.50. The molecule has 0 aliphatic heterocycles. The molecule has 1 aromatic carbocycles. The zero-order valence-corrected chi connectivity index (χ0v) is 10.6. The van der Waals surface area contributed by atoms with Crippen LogP contribution in [0.1, 0.15) is 25.8 Å². The molecule has 0 N–H and O–H groups in total. The average molecular weight is 221 g/mol. The molecule has 0 aliphatic carbocycles. The van der Waals surface area contributed by atoms with Crippen molar-refractivity contribution in [3.05, 3.63) is 30.2 Å². The second kappa shape index (κ2) is 6.41. The molecule has 1 radical (unpaired) electrons. The van der Waals surface area contributed by atoms with Gasteiger partial charge in [0.1, 0.15) is 0 Å². The molecule has 0 atom stereocenters. The molecule has 16 heavy (non-hydrogen) atoms. The fraction of sp³-hybridized carbons (Fsp3) is 0.500. The van der Waals surface area contributed by atoms with E-state index in [1.165, 1.54) is 5.56 Å². The molecule has 2 heteroatoms. The summed E-state index contributed by atoms with van der Waals surface area (Å²) >= 11 is 0. The summed E-state index contributed by atoms with van der Waals surface area (Å²) in [5, 5.41) is 0.